The van der Waals surface area contributed by atoms with Crippen LogP contribution in [0.4, 0.5) is 61.5 Å². The molecule has 240 valence electrons. The maximum atomic E-state index is 12.7. The second-order valence-electron chi connectivity index (χ2n) is 8.49. The molecule has 0 amide bonds. The zero-order valence-corrected chi connectivity index (χ0v) is 21.1. The minimum atomic E-state index is -5.76. The van der Waals surface area contributed by atoms with E-state index in [9.17, 15) is 71.1 Å². The molecule has 2 aliphatic heterocycles. The van der Waals surface area contributed by atoms with Crippen LogP contribution in [0.1, 0.15) is 26.7 Å². The van der Waals surface area contributed by atoms with Crippen molar-refractivity contribution in [3.63, 3.8) is 0 Å². The Kier molecular flexibility index (Phi) is 12.3. The normalized spacial score (nSPS) is 25.7. The van der Waals surface area contributed by atoms with E-state index in [4.69, 9.17) is 5.11 Å². The van der Waals surface area contributed by atoms with Crippen molar-refractivity contribution in [2.75, 3.05) is 0 Å². The SMILES string of the molecule is C=C(F)C(=O)Cl.C=C(F)C(=O)OC1OC(C(F)(F)F)(C(F)(F)F)CC1C.CC1CC(C(F)(F)F)(C(F)(F)F)OC1O. The van der Waals surface area contributed by atoms with E-state index in [2.05, 4.69) is 39.0 Å². The van der Waals surface area contributed by atoms with Gasteiger partial charge in [-0.3, -0.25) is 4.79 Å². The first-order chi connectivity index (χ1) is 18.0. The fourth-order valence-corrected chi connectivity index (χ4v) is 3.20. The number of hydrogen-bond donors (Lipinski definition) is 1. The van der Waals surface area contributed by atoms with Crippen molar-refractivity contribution < 1.29 is 90.4 Å². The lowest BCUT2D eigenvalue weighted by Crippen LogP contribution is -2.57. The monoisotopic (exact) mass is 656 g/mol. The van der Waals surface area contributed by atoms with E-state index >= 15 is 0 Å². The maximum Gasteiger partial charge on any atom is 0.426 e. The van der Waals surface area contributed by atoms with Crippen LogP contribution in [-0.2, 0) is 23.8 Å². The van der Waals surface area contributed by atoms with E-state index in [1.807, 2.05) is 0 Å². The fourth-order valence-electron chi connectivity index (χ4n) is 3.20. The Morgan fingerprint density at radius 2 is 1.07 bits per heavy atom. The van der Waals surface area contributed by atoms with Crippen LogP contribution in [0.15, 0.2) is 24.8 Å². The fraction of sp³-hybridized carbons (Fsp3) is 0.700. The van der Waals surface area contributed by atoms with Gasteiger partial charge in [0.1, 0.15) is 0 Å². The number of esters is 1. The molecule has 0 bridgehead atoms. The van der Waals surface area contributed by atoms with Crippen LogP contribution in [-0.4, -0.2) is 64.8 Å². The molecule has 2 fully saturated rings. The van der Waals surface area contributed by atoms with Crippen LogP contribution in [0.25, 0.3) is 0 Å². The summed E-state index contributed by atoms with van der Waals surface area (Å²) < 4.78 is 185. The molecule has 4 unspecified atom stereocenters. The van der Waals surface area contributed by atoms with Crippen molar-refractivity contribution in [2.24, 2.45) is 11.8 Å². The Bertz CT molecular complexity index is 919. The first kappa shape index (κ1) is 38.8. The van der Waals surface area contributed by atoms with Gasteiger partial charge in [-0.15, -0.1) is 0 Å². The van der Waals surface area contributed by atoms with Gasteiger partial charge in [0.15, 0.2) is 12.1 Å². The van der Waals surface area contributed by atoms with E-state index in [-0.39, 0.29) is 0 Å². The topological polar surface area (TPSA) is 82.1 Å². The molecule has 0 saturated carbocycles. The van der Waals surface area contributed by atoms with Gasteiger partial charge in [-0.25, -0.2) is 9.18 Å². The highest BCUT2D eigenvalue weighted by Gasteiger charge is 2.77. The number of halogens is 15. The van der Waals surface area contributed by atoms with Gasteiger partial charge < -0.3 is 19.3 Å². The third-order valence-corrected chi connectivity index (χ3v) is 5.50. The Morgan fingerprint density at radius 1 is 0.756 bits per heavy atom. The minimum Gasteiger partial charge on any atom is -0.430 e. The van der Waals surface area contributed by atoms with Gasteiger partial charge in [0.25, 0.3) is 16.4 Å². The van der Waals surface area contributed by atoms with E-state index in [0.29, 0.717) is 0 Å². The predicted octanol–water partition coefficient (Wildman–Crippen LogP) is 6.72. The number of carbonyl (C=O) groups is 2. The number of aliphatic hydroxyl groups excluding tert-OH is 1. The standard InChI is InChI=1S/C10H9F7O3.C7H8F6O2.C3H2ClFO/c1-4-3-8(9(12,13)14,10(15,16)17)20-7(4)19-6(18)5(2)11;1-3-2-5(6(8,9)10,7(11,12)13)15-4(3)14;1-2(5)3(4)6/h4,7H,2-3H2,1H3;3-4,14H,2H2,1H3;1H2. The van der Waals surface area contributed by atoms with Gasteiger partial charge in [0.2, 0.25) is 12.1 Å². The largest absolute Gasteiger partial charge is 0.430 e. The van der Waals surface area contributed by atoms with Crippen molar-refractivity contribution in [3.8, 4) is 0 Å². The highest BCUT2D eigenvalue weighted by Crippen LogP contribution is 2.55. The second-order valence-corrected chi connectivity index (χ2v) is 8.83. The summed E-state index contributed by atoms with van der Waals surface area (Å²) in [4.78, 5) is 20.2. The lowest BCUT2D eigenvalue weighted by Gasteiger charge is -2.32. The van der Waals surface area contributed by atoms with E-state index in [1.165, 1.54) is 0 Å². The third kappa shape index (κ3) is 8.90. The molecule has 41 heavy (non-hydrogen) atoms. The molecule has 0 aromatic heterocycles. The van der Waals surface area contributed by atoms with E-state index < -0.39 is 96.0 Å². The van der Waals surface area contributed by atoms with Crippen LogP contribution in [0.5, 0.6) is 0 Å². The van der Waals surface area contributed by atoms with E-state index in [1.54, 1.807) is 0 Å². The molecule has 1 N–H and O–H groups in total. The molecular weight excluding hydrogens is 638 g/mol. The van der Waals surface area contributed by atoms with Crippen molar-refractivity contribution in [1.82, 2.24) is 0 Å². The summed E-state index contributed by atoms with van der Waals surface area (Å²) in [6.07, 6.45) is -29.7. The van der Waals surface area contributed by atoms with Gasteiger partial charge in [0, 0.05) is 24.7 Å². The molecule has 2 saturated heterocycles. The Hall–Kier alpha value is -2.19. The summed E-state index contributed by atoms with van der Waals surface area (Å²) in [7, 11) is 0. The minimum absolute atomic E-state index is 0.957. The average Bonchev–Trinajstić information content (AvgIpc) is 3.26. The molecule has 0 aromatic rings. The van der Waals surface area contributed by atoms with Crippen molar-refractivity contribution in [2.45, 2.75) is 75.2 Å². The van der Waals surface area contributed by atoms with Crippen molar-refractivity contribution in [3.05, 3.63) is 24.8 Å². The molecular formula is C20H19ClF14O6. The molecule has 21 heteroatoms. The Labute approximate surface area is 225 Å². The quantitative estimate of drug-likeness (QED) is 0.157. The first-order valence-corrected chi connectivity index (χ1v) is 10.8. The van der Waals surface area contributed by atoms with E-state index in [0.717, 1.165) is 13.8 Å². The number of aliphatic hydroxyl groups is 1. The number of ether oxygens (including phenoxy) is 3. The smallest absolute Gasteiger partial charge is 0.426 e. The molecule has 0 aliphatic carbocycles. The number of allylic oxidation sites excluding steroid dienone is 1. The van der Waals surface area contributed by atoms with Crippen LogP contribution in [0.3, 0.4) is 0 Å². The third-order valence-electron chi connectivity index (χ3n) is 5.30. The molecule has 0 aromatic carbocycles. The van der Waals surface area contributed by atoms with Crippen LogP contribution >= 0.6 is 11.6 Å². The number of carbonyl (C=O) groups excluding carboxylic acids is 2. The summed E-state index contributed by atoms with van der Waals surface area (Å²) in [5, 5.41) is 7.71. The summed E-state index contributed by atoms with van der Waals surface area (Å²) in [5.41, 5.74) is -8.68. The highest BCUT2D eigenvalue weighted by atomic mass is 35.5. The van der Waals surface area contributed by atoms with Crippen LogP contribution < -0.4 is 0 Å². The molecule has 2 aliphatic rings. The number of alkyl halides is 12. The highest BCUT2D eigenvalue weighted by molar-refractivity contribution is 6.67. The molecule has 2 heterocycles. The van der Waals surface area contributed by atoms with Gasteiger partial charge in [0.05, 0.1) is 0 Å². The van der Waals surface area contributed by atoms with Gasteiger partial charge >= 0.3 is 30.7 Å². The molecule has 0 spiro atoms. The zero-order chi connectivity index (χ0) is 33.2. The Balaban J connectivity index is 0.000000669. The summed E-state index contributed by atoms with van der Waals surface area (Å²) in [6, 6.07) is 0. The Morgan fingerprint density at radius 3 is 1.27 bits per heavy atom. The summed E-state index contributed by atoms with van der Waals surface area (Å²) in [6.45, 7) is 7.14. The molecule has 4 atom stereocenters. The maximum absolute atomic E-state index is 12.7. The lowest BCUT2D eigenvalue weighted by atomic mass is 9.93. The molecule has 6 nitrogen and oxygen atoms in total. The van der Waals surface area contributed by atoms with Crippen LogP contribution in [0.2, 0.25) is 0 Å². The van der Waals surface area contributed by atoms with Crippen molar-refractivity contribution in [1.29, 1.82) is 0 Å². The first-order valence-electron chi connectivity index (χ1n) is 10.4. The summed E-state index contributed by atoms with van der Waals surface area (Å²) in [5.74, 6) is -7.19. The van der Waals surface area contributed by atoms with Gasteiger partial charge in [-0.2, -0.15) is 57.1 Å². The number of hydrogen-bond acceptors (Lipinski definition) is 6. The lowest BCUT2D eigenvalue weighted by molar-refractivity contribution is -0.385. The second kappa shape index (κ2) is 13.0. The zero-order valence-electron chi connectivity index (χ0n) is 20.3. The predicted molar refractivity (Wildman–Crippen MR) is 107 cm³/mol. The molecule has 2 rings (SSSR count). The number of rotatable bonds is 3. The van der Waals surface area contributed by atoms with Crippen LogP contribution in [0, 0.1) is 11.8 Å². The summed E-state index contributed by atoms with van der Waals surface area (Å²) >= 11 is 4.50. The van der Waals surface area contributed by atoms with Crippen molar-refractivity contribution >= 4 is 22.8 Å². The van der Waals surface area contributed by atoms with Gasteiger partial charge in [-0.1, -0.05) is 27.0 Å². The average molecular weight is 657 g/mol. The van der Waals surface area contributed by atoms with Gasteiger partial charge in [-0.05, 0) is 11.6 Å². The molecule has 0 radical (unpaired) electrons.